The Morgan fingerprint density at radius 3 is 2.63 bits per heavy atom. The maximum atomic E-state index is 12.8. The molecule has 3 aromatic rings. The number of hydrogen-bond acceptors (Lipinski definition) is 7. The summed E-state index contributed by atoms with van der Waals surface area (Å²) >= 11 is 6.41. The van der Waals surface area contributed by atoms with Crippen molar-refractivity contribution in [1.82, 2.24) is 14.9 Å². The molecule has 200 valence electrons. The Balaban J connectivity index is 1.52. The topological polar surface area (TPSA) is 96.5 Å². The third-order valence-corrected chi connectivity index (χ3v) is 8.18. The fourth-order valence-electron chi connectivity index (χ4n) is 4.42. The smallest absolute Gasteiger partial charge is 0.252 e. The highest BCUT2D eigenvalue weighted by Crippen LogP contribution is 2.38. The molecule has 1 amide bonds. The number of carbonyl (C=O) groups is 1. The molecule has 4 rings (SSSR count). The number of aromatic nitrogens is 2. The molecule has 0 spiro atoms. The summed E-state index contributed by atoms with van der Waals surface area (Å²) in [7, 11) is -0.935. The quantitative estimate of drug-likeness (QED) is 0.259. The first kappa shape index (κ1) is 27.8. The lowest BCUT2D eigenvalue weighted by molar-refractivity contribution is -0.113. The van der Waals surface area contributed by atoms with Gasteiger partial charge in [-0.25, -0.2) is 9.97 Å². The van der Waals surface area contributed by atoms with Gasteiger partial charge in [-0.2, -0.15) is 0 Å². The highest BCUT2D eigenvalue weighted by molar-refractivity contribution is 7.70. The number of nitrogens with one attached hydrogen (secondary N) is 2. The molecule has 0 radical (unpaired) electrons. The van der Waals surface area contributed by atoms with Gasteiger partial charge in [0.2, 0.25) is 0 Å². The van der Waals surface area contributed by atoms with Crippen molar-refractivity contribution in [3.8, 4) is 5.75 Å². The lowest BCUT2D eigenvalue weighted by Gasteiger charge is -2.17. The van der Waals surface area contributed by atoms with Gasteiger partial charge in [0.15, 0.2) is 5.82 Å². The van der Waals surface area contributed by atoms with E-state index >= 15 is 0 Å². The summed E-state index contributed by atoms with van der Waals surface area (Å²) in [6, 6.07) is 12.9. The molecular weight excluding hydrogens is 521 g/mol. The first-order valence-electron chi connectivity index (χ1n) is 12.5. The molecule has 1 aliphatic rings. The number of ether oxygens (including phenoxy) is 1. The molecule has 2 N–H and O–H groups in total. The molecule has 2 aromatic carbocycles. The Labute approximate surface area is 228 Å². The highest BCUT2D eigenvalue weighted by atomic mass is 35.5. The van der Waals surface area contributed by atoms with Crippen molar-refractivity contribution in [3.63, 3.8) is 0 Å². The van der Waals surface area contributed by atoms with Crippen LogP contribution < -0.4 is 20.7 Å². The maximum absolute atomic E-state index is 12.8. The monoisotopic (exact) mass is 553 g/mol. The van der Waals surface area contributed by atoms with Crippen molar-refractivity contribution in [2.24, 2.45) is 0 Å². The first-order valence-corrected chi connectivity index (χ1v) is 15.4. The van der Waals surface area contributed by atoms with Crippen LogP contribution in [-0.4, -0.2) is 60.8 Å². The van der Waals surface area contributed by atoms with Crippen molar-refractivity contribution in [1.29, 1.82) is 0 Å². The third kappa shape index (κ3) is 7.01. The average molecular weight is 554 g/mol. The van der Waals surface area contributed by atoms with E-state index in [1.165, 1.54) is 6.20 Å². The minimum atomic E-state index is -2.53. The minimum absolute atomic E-state index is 0.204. The van der Waals surface area contributed by atoms with Crippen LogP contribution in [0.5, 0.6) is 5.75 Å². The summed E-state index contributed by atoms with van der Waals surface area (Å²) in [4.78, 5) is 24.0. The van der Waals surface area contributed by atoms with Crippen molar-refractivity contribution in [2.75, 3.05) is 50.7 Å². The van der Waals surface area contributed by atoms with Crippen LogP contribution in [0.4, 0.5) is 17.2 Å². The zero-order valence-corrected chi connectivity index (χ0v) is 23.6. The summed E-state index contributed by atoms with van der Waals surface area (Å²) in [6.07, 6.45) is 4.19. The fraction of sp³-hybridized carbons (Fsp3) is 0.321. The molecule has 0 bridgehead atoms. The third-order valence-electron chi connectivity index (χ3n) is 6.35. The minimum Gasteiger partial charge on any atom is -0.496 e. The number of anilines is 3. The zero-order valence-electron chi connectivity index (χ0n) is 22.0. The van der Waals surface area contributed by atoms with Gasteiger partial charge in [-0.3, -0.25) is 9.69 Å². The van der Waals surface area contributed by atoms with Gasteiger partial charge in [0.25, 0.3) is 5.91 Å². The summed E-state index contributed by atoms with van der Waals surface area (Å²) in [6.45, 7) is 9.99. The second-order valence-electron chi connectivity index (χ2n) is 9.72. The van der Waals surface area contributed by atoms with Gasteiger partial charge in [-0.05, 0) is 69.6 Å². The number of benzene rings is 2. The predicted molar refractivity (Wildman–Crippen MR) is 155 cm³/mol. The van der Waals surface area contributed by atoms with Gasteiger partial charge < -0.3 is 19.9 Å². The Hall–Kier alpha value is -3.19. The van der Waals surface area contributed by atoms with E-state index < -0.39 is 7.14 Å². The lowest BCUT2D eigenvalue weighted by atomic mass is 10.1. The number of amides is 1. The molecule has 2 heterocycles. The second-order valence-corrected chi connectivity index (χ2v) is 13.3. The van der Waals surface area contributed by atoms with Crippen LogP contribution in [0.15, 0.2) is 60.8 Å². The van der Waals surface area contributed by atoms with E-state index in [4.69, 9.17) is 16.3 Å². The number of nitrogens with zero attached hydrogens (tertiary/aromatic N) is 3. The van der Waals surface area contributed by atoms with E-state index in [9.17, 15) is 9.36 Å². The number of para-hydroxylation sites is 1. The van der Waals surface area contributed by atoms with Gasteiger partial charge in [0.05, 0.1) is 19.0 Å². The number of halogens is 1. The molecule has 1 aromatic heterocycles. The van der Waals surface area contributed by atoms with Crippen LogP contribution in [0.2, 0.25) is 5.02 Å². The van der Waals surface area contributed by atoms with Gasteiger partial charge in [-0.15, -0.1) is 0 Å². The molecule has 1 saturated heterocycles. The van der Waals surface area contributed by atoms with E-state index in [2.05, 4.69) is 32.1 Å². The van der Waals surface area contributed by atoms with Crippen molar-refractivity contribution in [3.05, 3.63) is 77.2 Å². The number of rotatable bonds is 10. The molecule has 0 saturated carbocycles. The molecule has 8 nitrogen and oxygen atoms in total. The Bertz CT molecular complexity index is 1380. The predicted octanol–water partition coefficient (Wildman–Crippen LogP) is 5.31. The van der Waals surface area contributed by atoms with E-state index in [0.29, 0.717) is 57.6 Å². The van der Waals surface area contributed by atoms with Crippen LogP contribution in [0.1, 0.15) is 24.2 Å². The number of hydrogen-bond donors (Lipinski definition) is 2. The molecule has 0 atom stereocenters. The van der Waals surface area contributed by atoms with Gasteiger partial charge in [0, 0.05) is 35.1 Å². The van der Waals surface area contributed by atoms with E-state index in [-0.39, 0.29) is 5.91 Å². The summed E-state index contributed by atoms with van der Waals surface area (Å²) in [5.74, 6) is 1.37. The van der Waals surface area contributed by atoms with Gasteiger partial charge >= 0.3 is 0 Å². The van der Waals surface area contributed by atoms with Crippen LogP contribution in [0.3, 0.4) is 0 Å². The lowest BCUT2D eigenvalue weighted by Crippen LogP contribution is -2.27. The second kappa shape index (κ2) is 12.1. The van der Waals surface area contributed by atoms with Crippen molar-refractivity contribution in [2.45, 2.75) is 19.3 Å². The highest BCUT2D eigenvalue weighted by Gasteiger charge is 2.19. The van der Waals surface area contributed by atoms with Crippen LogP contribution in [0, 0.1) is 0 Å². The maximum Gasteiger partial charge on any atom is 0.252 e. The van der Waals surface area contributed by atoms with Crippen LogP contribution in [0.25, 0.3) is 0 Å². The first-order chi connectivity index (χ1) is 18.1. The van der Waals surface area contributed by atoms with E-state index in [0.717, 1.165) is 31.5 Å². The van der Waals surface area contributed by atoms with Crippen molar-refractivity contribution >= 4 is 47.1 Å². The number of likely N-dealkylation sites (tertiary alicyclic amines) is 1. The number of methoxy groups -OCH3 is 1. The summed E-state index contributed by atoms with van der Waals surface area (Å²) in [5.41, 5.74) is 2.65. The molecule has 0 aliphatic carbocycles. The Morgan fingerprint density at radius 2 is 1.92 bits per heavy atom. The molecular formula is C28H33ClN5O3P. The van der Waals surface area contributed by atoms with Gasteiger partial charge in [0.1, 0.15) is 23.7 Å². The fourth-order valence-corrected chi connectivity index (χ4v) is 5.71. The zero-order chi connectivity index (χ0) is 27.3. The van der Waals surface area contributed by atoms with Crippen LogP contribution >= 0.6 is 18.7 Å². The Kier molecular flexibility index (Phi) is 8.87. The molecule has 10 heteroatoms. The SMILES string of the molecule is C=C(CN1CCCC1)C(=O)Nc1ccc(OC)c(Cc2ncc(Cl)c(Nc3ccccc3P(C)(C)=O)n2)c1. The summed E-state index contributed by atoms with van der Waals surface area (Å²) in [5, 5.41) is 7.23. The average Bonchev–Trinajstić information content (AvgIpc) is 3.39. The van der Waals surface area contributed by atoms with E-state index in [1.54, 1.807) is 32.6 Å². The largest absolute Gasteiger partial charge is 0.496 e. The van der Waals surface area contributed by atoms with Crippen LogP contribution in [-0.2, 0) is 15.8 Å². The molecule has 1 aliphatic heterocycles. The molecule has 1 fully saturated rings. The Morgan fingerprint density at radius 1 is 1.18 bits per heavy atom. The molecule has 0 unspecified atom stereocenters. The molecule has 38 heavy (non-hydrogen) atoms. The summed E-state index contributed by atoms with van der Waals surface area (Å²) < 4.78 is 18.3. The van der Waals surface area contributed by atoms with Gasteiger partial charge in [-0.1, -0.05) is 30.3 Å². The van der Waals surface area contributed by atoms with Crippen molar-refractivity contribution < 1.29 is 14.1 Å². The standard InChI is InChI=1S/C28H33ClN5O3P/c1-19(18-34-13-7-8-14-34)28(35)31-21-11-12-24(37-2)20(15-21)16-26-30-17-22(29)27(33-26)32-23-9-5-6-10-25(23)38(3,4)36/h5-6,9-12,15,17H,1,7-8,13-14,16,18H2,2-4H3,(H,31,35)(H,30,32,33). The number of carbonyl (C=O) groups excluding carboxylic acids is 1. The normalized spacial score (nSPS) is 13.8. The van der Waals surface area contributed by atoms with E-state index in [1.807, 2.05) is 30.3 Å².